The van der Waals surface area contributed by atoms with Crippen LogP contribution >= 0.6 is 0 Å². The van der Waals surface area contributed by atoms with E-state index in [9.17, 15) is 9.59 Å². The average molecular weight is 248 g/mol. The molecule has 0 atom stereocenters. The first kappa shape index (κ1) is 12.4. The number of nitrogens with one attached hydrogen (secondary N) is 2. The molecule has 1 aromatic rings. The molecule has 0 saturated carbocycles. The maximum atomic E-state index is 11.2. The fourth-order valence-electron chi connectivity index (χ4n) is 1.76. The Labute approximate surface area is 106 Å². The van der Waals surface area contributed by atoms with Gasteiger partial charge in [-0.2, -0.15) is 0 Å². The van der Waals surface area contributed by atoms with Crippen molar-refractivity contribution in [3.05, 3.63) is 23.8 Å². The first-order valence-electron chi connectivity index (χ1n) is 6.01. The molecule has 1 aliphatic heterocycles. The first-order valence-corrected chi connectivity index (χ1v) is 6.01. The highest BCUT2D eigenvalue weighted by atomic mass is 16.5. The standard InChI is InChI=1S/C13H16N2O3/c1-2-12(16)14-6-5-9-3-4-11-10(7-9)15-13(17)8-18-11/h3-4,7H,2,5-6,8H2,1H3,(H,14,16)(H,15,17). The van der Waals surface area contributed by atoms with E-state index >= 15 is 0 Å². The van der Waals surface area contributed by atoms with Crippen LogP contribution in [0.1, 0.15) is 18.9 Å². The third-order valence-electron chi connectivity index (χ3n) is 2.73. The molecule has 1 heterocycles. The molecule has 2 amide bonds. The van der Waals surface area contributed by atoms with Crippen LogP contribution in [0.25, 0.3) is 0 Å². The number of amides is 2. The minimum atomic E-state index is -0.140. The zero-order valence-corrected chi connectivity index (χ0v) is 10.3. The molecule has 96 valence electrons. The first-order chi connectivity index (χ1) is 8.69. The molecule has 0 fully saturated rings. The van der Waals surface area contributed by atoms with E-state index in [0.717, 1.165) is 12.0 Å². The largest absolute Gasteiger partial charge is 0.482 e. The average Bonchev–Trinajstić information content (AvgIpc) is 2.38. The number of hydrogen-bond acceptors (Lipinski definition) is 3. The molecule has 0 spiro atoms. The molecule has 0 bridgehead atoms. The predicted octanol–water partition coefficient (Wildman–Crippen LogP) is 1.09. The van der Waals surface area contributed by atoms with Gasteiger partial charge in [-0.15, -0.1) is 0 Å². The Morgan fingerprint density at radius 2 is 2.33 bits per heavy atom. The predicted molar refractivity (Wildman–Crippen MR) is 67.6 cm³/mol. The van der Waals surface area contributed by atoms with E-state index in [4.69, 9.17) is 4.74 Å². The lowest BCUT2D eigenvalue weighted by Crippen LogP contribution is -2.26. The van der Waals surface area contributed by atoms with Gasteiger partial charge in [0.05, 0.1) is 5.69 Å². The van der Waals surface area contributed by atoms with Gasteiger partial charge in [0.15, 0.2) is 6.61 Å². The maximum Gasteiger partial charge on any atom is 0.262 e. The van der Waals surface area contributed by atoms with Crippen molar-refractivity contribution in [1.82, 2.24) is 5.32 Å². The lowest BCUT2D eigenvalue weighted by molar-refractivity contribution is -0.120. The molecule has 0 radical (unpaired) electrons. The summed E-state index contributed by atoms with van der Waals surface area (Å²) in [6.07, 6.45) is 1.23. The molecular weight excluding hydrogens is 232 g/mol. The molecule has 5 nitrogen and oxygen atoms in total. The minimum Gasteiger partial charge on any atom is -0.482 e. The third-order valence-corrected chi connectivity index (χ3v) is 2.73. The summed E-state index contributed by atoms with van der Waals surface area (Å²) in [4.78, 5) is 22.3. The number of carbonyl (C=O) groups is 2. The third kappa shape index (κ3) is 3.00. The molecule has 0 aromatic heterocycles. The van der Waals surface area contributed by atoms with Crippen molar-refractivity contribution >= 4 is 17.5 Å². The topological polar surface area (TPSA) is 67.4 Å². The number of hydrogen-bond donors (Lipinski definition) is 2. The molecule has 18 heavy (non-hydrogen) atoms. The van der Waals surface area contributed by atoms with E-state index in [0.29, 0.717) is 24.4 Å². The van der Waals surface area contributed by atoms with Crippen LogP contribution in [0.15, 0.2) is 18.2 Å². The summed E-state index contributed by atoms with van der Waals surface area (Å²) in [5.41, 5.74) is 1.75. The van der Waals surface area contributed by atoms with E-state index in [1.165, 1.54) is 0 Å². The Balaban J connectivity index is 1.96. The van der Waals surface area contributed by atoms with Gasteiger partial charge < -0.3 is 15.4 Å². The molecule has 2 rings (SSSR count). The summed E-state index contributed by atoms with van der Waals surface area (Å²) >= 11 is 0. The Bertz CT molecular complexity index is 471. The second kappa shape index (κ2) is 5.53. The molecule has 1 aliphatic rings. The lowest BCUT2D eigenvalue weighted by Gasteiger charge is -2.18. The summed E-state index contributed by atoms with van der Waals surface area (Å²) in [5.74, 6) is 0.597. The van der Waals surface area contributed by atoms with Crippen LogP contribution in [-0.2, 0) is 16.0 Å². The molecular formula is C13H16N2O3. The van der Waals surface area contributed by atoms with Gasteiger partial charge in [0, 0.05) is 13.0 Å². The van der Waals surface area contributed by atoms with E-state index in [-0.39, 0.29) is 18.4 Å². The smallest absolute Gasteiger partial charge is 0.262 e. The Morgan fingerprint density at radius 3 is 3.11 bits per heavy atom. The number of carbonyl (C=O) groups excluding carboxylic acids is 2. The SMILES string of the molecule is CCC(=O)NCCc1ccc2c(c1)NC(=O)CO2. The highest BCUT2D eigenvalue weighted by Crippen LogP contribution is 2.28. The van der Waals surface area contributed by atoms with Gasteiger partial charge in [-0.1, -0.05) is 13.0 Å². The molecule has 0 aliphatic carbocycles. The summed E-state index contributed by atoms with van der Waals surface area (Å²) in [7, 11) is 0. The second-order valence-electron chi connectivity index (χ2n) is 4.12. The number of benzene rings is 1. The normalized spacial score (nSPS) is 13.3. The number of rotatable bonds is 4. The fourth-order valence-corrected chi connectivity index (χ4v) is 1.76. The summed E-state index contributed by atoms with van der Waals surface area (Å²) in [6.45, 7) is 2.49. The van der Waals surface area contributed by atoms with Crippen LogP contribution in [0.4, 0.5) is 5.69 Å². The van der Waals surface area contributed by atoms with Gasteiger partial charge >= 0.3 is 0 Å². The van der Waals surface area contributed by atoms with E-state index in [1.807, 2.05) is 25.1 Å². The Kier molecular flexibility index (Phi) is 3.82. The molecule has 0 unspecified atom stereocenters. The molecule has 0 saturated heterocycles. The monoisotopic (exact) mass is 248 g/mol. The quantitative estimate of drug-likeness (QED) is 0.838. The van der Waals surface area contributed by atoms with Crippen molar-refractivity contribution in [3.63, 3.8) is 0 Å². The van der Waals surface area contributed by atoms with Gasteiger partial charge in [0.1, 0.15) is 5.75 Å². The van der Waals surface area contributed by atoms with Crippen molar-refractivity contribution in [1.29, 1.82) is 0 Å². The second-order valence-corrected chi connectivity index (χ2v) is 4.12. The number of fused-ring (bicyclic) bond motifs is 1. The zero-order chi connectivity index (χ0) is 13.0. The van der Waals surface area contributed by atoms with Crippen LogP contribution < -0.4 is 15.4 Å². The number of ether oxygens (including phenoxy) is 1. The summed E-state index contributed by atoms with van der Waals surface area (Å²) in [6, 6.07) is 5.66. The van der Waals surface area contributed by atoms with Crippen LogP contribution in [-0.4, -0.2) is 25.0 Å². The van der Waals surface area contributed by atoms with Crippen molar-refractivity contribution in [2.45, 2.75) is 19.8 Å². The minimum absolute atomic E-state index is 0.0459. The molecule has 2 N–H and O–H groups in total. The maximum absolute atomic E-state index is 11.2. The molecule has 1 aromatic carbocycles. The summed E-state index contributed by atoms with van der Waals surface area (Å²) < 4.78 is 5.27. The van der Waals surface area contributed by atoms with Crippen LogP contribution in [0.2, 0.25) is 0 Å². The Morgan fingerprint density at radius 1 is 1.50 bits per heavy atom. The summed E-state index contributed by atoms with van der Waals surface area (Å²) in [5, 5.41) is 5.57. The van der Waals surface area contributed by atoms with Crippen molar-refractivity contribution in [3.8, 4) is 5.75 Å². The Hall–Kier alpha value is -2.04. The van der Waals surface area contributed by atoms with Crippen molar-refractivity contribution in [2.75, 3.05) is 18.5 Å². The fraction of sp³-hybridized carbons (Fsp3) is 0.385. The van der Waals surface area contributed by atoms with Crippen molar-refractivity contribution < 1.29 is 14.3 Å². The zero-order valence-electron chi connectivity index (χ0n) is 10.3. The van der Waals surface area contributed by atoms with Gasteiger partial charge in [0.2, 0.25) is 5.91 Å². The van der Waals surface area contributed by atoms with E-state index in [2.05, 4.69) is 10.6 Å². The highest BCUT2D eigenvalue weighted by Gasteiger charge is 2.15. The van der Waals surface area contributed by atoms with Gasteiger partial charge in [-0.3, -0.25) is 9.59 Å². The van der Waals surface area contributed by atoms with Gasteiger partial charge in [-0.25, -0.2) is 0 Å². The van der Waals surface area contributed by atoms with E-state index in [1.54, 1.807) is 0 Å². The highest BCUT2D eigenvalue weighted by molar-refractivity contribution is 5.95. The van der Waals surface area contributed by atoms with Crippen LogP contribution in [0, 0.1) is 0 Å². The van der Waals surface area contributed by atoms with Crippen molar-refractivity contribution in [2.24, 2.45) is 0 Å². The number of anilines is 1. The van der Waals surface area contributed by atoms with Crippen LogP contribution in [0.3, 0.4) is 0 Å². The molecule has 5 heteroatoms. The van der Waals surface area contributed by atoms with Gasteiger partial charge in [-0.05, 0) is 24.1 Å². The lowest BCUT2D eigenvalue weighted by atomic mass is 10.1. The van der Waals surface area contributed by atoms with Gasteiger partial charge in [0.25, 0.3) is 5.91 Å². The van der Waals surface area contributed by atoms with E-state index < -0.39 is 0 Å². The van der Waals surface area contributed by atoms with Crippen LogP contribution in [0.5, 0.6) is 5.75 Å².